The first-order valence-corrected chi connectivity index (χ1v) is 12.7. The van der Waals surface area contributed by atoms with Crippen LogP contribution in [0.4, 0.5) is 0 Å². The lowest BCUT2D eigenvalue weighted by atomic mass is 10.1. The molecule has 0 saturated carbocycles. The van der Waals surface area contributed by atoms with Crippen molar-refractivity contribution in [3.8, 4) is 5.75 Å². The van der Waals surface area contributed by atoms with Gasteiger partial charge in [0.25, 0.3) is 5.56 Å². The molecule has 0 saturated heterocycles. The van der Waals surface area contributed by atoms with Crippen LogP contribution in [0.3, 0.4) is 0 Å². The second kappa shape index (κ2) is 10.00. The van der Waals surface area contributed by atoms with Crippen LogP contribution in [0.1, 0.15) is 20.9 Å². The van der Waals surface area contributed by atoms with Crippen LogP contribution < -0.4 is 19.5 Å². The van der Waals surface area contributed by atoms with Crippen molar-refractivity contribution in [3.05, 3.63) is 114 Å². The molecule has 3 aromatic carbocycles. The van der Waals surface area contributed by atoms with Crippen LogP contribution in [0.15, 0.2) is 77.6 Å². The molecule has 0 radical (unpaired) electrons. The monoisotopic (exact) mass is 518 g/mol. The van der Waals surface area contributed by atoms with Gasteiger partial charge in [-0.3, -0.25) is 14.2 Å². The van der Waals surface area contributed by atoms with E-state index in [1.54, 1.807) is 42.7 Å². The maximum atomic E-state index is 13.4. The smallest absolute Gasteiger partial charge is 0.269 e. The van der Waals surface area contributed by atoms with Crippen molar-refractivity contribution < 1.29 is 9.53 Å². The highest BCUT2D eigenvalue weighted by Gasteiger charge is 2.13. The zero-order valence-electron chi connectivity index (χ0n) is 18.6. The van der Waals surface area contributed by atoms with Crippen molar-refractivity contribution in [3.63, 3.8) is 0 Å². The second-order valence-electron chi connectivity index (χ2n) is 7.71. The van der Waals surface area contributed by atoms with Crippen molar-refractivity contribution >= 4 is 62.4 Å². The van der Waals surface area contributed by atoms with Crippen molar-refractivity contribution in [1.29, 1.82) is 0 Å². The van der Waals surface area contributed by atoms with Gasteiger partial charge in [-0.05, 0) is 60.2 Å². The number of halogens is 1. The molecule has 2 heterocycles. The van der Waals surface area contributed by atoms with Gasteiger partial charge in [-0.1, -0.05) is 35.9 Å². The number of nitrogens with zero attached hydrogens (tertiary/aromatic N) is 2. The first-order valence-electron chi connectivity index (χ1n) is 10.7. The number of benzene rings is 3. The zero-order valence-corrected chi connectivity index (χ0v) is 21.0. The summed E-state index contributed by atoms with van der Waals surface area (Å²) < 4.78 is 8.99. The Labute approximate surface area is 213 Å². The minimum absolute atomic E-state index is 0.0792. The number of methoxy groups -OCH3 is 1. The minimum atomic E-state index is -0.222. The van der Waals surface area contributed by atoms with E-state index >= 15 is 0 Å². The van der Waals surface area contributed by atoms with E-state index in [-0.39, 0.29) is 17.9 Å². The van der Waals surface area contributed by atoms with Crippen LogP contribution in [0, 0.1) is 0 Å². The number of hydrogen-bond acceptors (Lipinski definition) is 6. The Hall–Kier alpha value is -3.52. The van der Waals surface area contributed by atoms with Crippen molar-refractivity contribution in [2.45, 2.75) is 6.54 Å². The van der Waals surface area contributed by atoms with E-state index in [0.717, 1.165) is 26.5 Å². The third kappa shape index (κ3) is 5.12. The van der Waals surface area contributed by atoms with Gasteiger partial charge in [0, 0.05) is 16.7 Å². The fourth-order valence-electron chi connectivity index (χ4n) is 3.57. The highest BCUT2D eigenvalue weighted by molar-refractivity contribution is 7.19. The summed E-state index contributed by atoms with van der Waals surface area (Å²) in [7, 11) is 1.61. The molecule has 2 aromatic heterocycles. The first kappa shape index (κ1) is 23.2. The summed E-state index contributed by atoms with van der Waals surface area (Å²) in [5, 5.41) is 1.33. The van der Waals surface area contributed by atoms with Crippen LogP contribution in [-0.4, -0.2) is 22.4 Å². The molecule has 0 spiro atoms. The third-order valence-corrected chi connectivity index (χ3v) is 7.67. The Morgan fingerprint density at radius 1 is 1.00 bits per heavy atom. The summed E-state index contributed by atoms with van der Waals surface area (Å²) in [6, 6.07) is 22.0. The van der Waals surface area contributed by atoms with Gasteiger partial charge >= 0.3 is 0 Å². The molecule has 8 heteroatoms. The Bertz CT molecular complexity index is 1670. The van der Waals surface area contributed by atoms with Crippen LogP contribution in [0.25, 0.3) is 22.4 Å². The predicted octanol–water partition coefficient (Wildman–Crippen LogP) is 4.72. The molecule has 5 rings (SSSR count). The molecule has 174 valence electrons. The molecule has 0 aliphatic carbocycles. The fraction of sp³-hybridized carbons (Fsp3) is 0.0741. The van der Waals surface area contributed by atoms with Gasteiger partial charge in [0.15, 0.2) is 5.78 Å². The van der Waals surface area contributed by atoms with Crippen molar-refractivity contribution in [1.82, 2.24) is 9.55 Å². The summed E-state index contributed by atoms with van der Waals surface area (Å²) in [5.74, 6) is 0.570. The highest BCUT2D eigenvalue weighted by atomic mass is 35.5. The molecular weight excluding hydrogens is 500 g/mol. The van der Waals surface area contributed by atoms with Gasteiger partial charge in [-0.25, -0.2) is 4.98 Å². The molecule has 0 N–H and O–H groups in total. The van der Waals surface area contributed by atoms with Gasteiger partial charge in [-0.15, -0.1) is 22.7 Å². The molecule has 0 unspecified atom stereocenters. The number of rotatable bonds is 6. The Balaban J connectivity index is 1.62. The number of thiazole rings is 2. The van der Waals surface area contributed by atoms with Gasteiger partial charge in [0.05, 0.1) is 28.4 Å². The summed E-state index contributed by atoms with van der Waals surface area (Å²) in [6.45, 7) is -0.0792. The SMILES string of the molecule is COc1ccc(C=c2sc(=Cc3nc4ccccc4s3)n(CC(=O)c3ccc(Cl)cc3)c2=O)cc1. The summed E-state index contributed by atoms with van der Waals surface area (Å²) in [6.07, 6.45) is 3.70. The molecule has 0 aliphatic rings. The fourth-order valence-corrected chi connectivity index (χ4v) is 5.72. The highest BCUT2D eigenvalue weighted by Crippen LogP contribution is 2.21. The van der Waals surface area contributed by atoms with Crippen LogP contribution in [0.5, 0.6) is 5.75 Å². The number of hydrogen-bond donors (Lipinski definition) is 0. The summed E-state index contributed by atoms with van der Waals surface area (Å²) in [5.41, 5.74) is 2.04. The largest absolute Gasteiger partial charge is 0.497 e. The van der Waals surface area contributed by atoms with E-state index in [9.17, 15) is 9.59 Å². The van der Waals surface area contributed by atoms with Crippen LogP contribution in [0.2, 0.25) is 5.02 Å². The quantitative estimate of drug-likeness (QED) is 0.305. The van der Waals surface area contributed by atoms with E-state index in [4.69, 9.17) is 16.3 Å². The van der Waals surface area contributed by atoms with Crippen LogP contribution in [-0.2, 0) is 6.54 Å². The molecule has 0 aliphatic heterocycles. The zero-order chi connectivity index (χ0) is 24.4. The number of ether oxygens (including phenoxy) is 1. The summed E-state index contributed by atoms with van der Waals surface area (Å²) in [4.78, 5) is 31.1. The molecule has 0 amide bonds. The lowest BCUT2D eigenvalue weighted by Gasteiger charge is -2.02. The average molecular weight is 519 g/mol. The number of para-hydroxylation sites is 1. The number of fused-ring (bicyclic) bond motifs is 1. The first-order chi connectivity index (χ1) is 17.0. The maximum Gasteiger partial charge on any atom is 0.269 e. The average Bonchev–Trinajstić information content (AvgIpc) is 3.41. The molecular formula is C27H19ClN2O3S2. The number of aromatic nitrogens is 2. The second-order valence-corrected chi connectivity index (χ2v) is 10.3. The maximum absolute atomic E-state index is 13.4. The number of ketones is 1. The van der Waals surface area contributed by atoms with Crippen molar-refractivity contribution in [2.24, 2.45) is 0 Å². The van der Waals surface area contributed by atoms with Gasteiger partial charge in [0.2, 0.25) is 0 Å². The molecule has 35 heavy (non-hydrogen) atoms. The third-order valence-electron chi connectivity index (χ3n) is 5.38. The number of carbonyl (C=O) groups excluding carboxylic acids is 1. The lowest BCUT2D eigenvalue weighted by molar-refractivity contribution is 0.0970. The van der Waals surface area contributed by atoms with Crippen LogP contribution >= 0.6 is 34.3 Å². The molecule has 0 atom stereocenters. The van der Waals surface area contributed by atoms with E-state index in [2.05, 4.69) is 4.98 Å². The van der Waals surface area contributed by atoms with E-state index < -0.39 is 0 Å². The van der Waals surface area contributed by atoms with Gasteiger partial charge in [-0.2, -0.15) is 0 Å². The van der Waals surface area contributed by atoms with E-state index in [1.807, 2.05) is 60.7 Å². The molecule has 0 fully saturated rings. The van der Waals surface area contributed by atoms with Gasteiger partial charge in [0.1, 0.15) is 15.4 Å². The van der Waals surface area contributed by atoms with E-state index in [0.29, 0.717) is 19.8 Å². The Kier molecular flexibility index (Phi) is 6.63. The molecule has 5 nitrogen and oxygen atoms in total. The normalized spacial score (nSPS) is 12.4. The Morgan fingerprint density at radius 3 is 2.46 bits per heavy atom. The minimum Gasteiger partial charge on any atom is -0.497 e. The standard InChI is InChI=1S/C27H19ClN2O3S2/c1-33-20-12-6-17(7-13-20)14-24-27(32)30(16-22(31)18-8-10-19(28)11-9-18)26(35-24)15-25-29-21-4-2-3-5-23(21)34-25/h2-15H,16H2,1H3. The van der Waals surface area contributed by atoms with E-state index in [1.165, 1.54) is 15.9 Å². The summed E-state index contributed by atoms with van der Waals surface area (Å²) >= 11 is 8.84. The molecule has 0 bridgehead atoms. The molecule has 5 aromatic rings. The van der Waals surface area contributed by atoms with Gasteiger partial charge < -0.3 is 4.74 Å². The number of Topliss-reactive ketones (excluding diaryl/α,β-unsaturated/α-hetero) is 1. The lowest BCUT2D eigenvalue weighted by Crippen LogP contribution is -2.34. The Morgan fingerprint density at radius 2 is 1.74 bits per heavy atom. The topological polar surface area (TPSA) is 61.2 Å². The predicted molar refractivity (Wildman–Crippen MR) is 143 cm³/mol. The number of carbonyl (C=O) groups is 1. The van der Waals surface area contributed by atoms with Crippen molar-refractivity contribution in [2.75, 3.05) is 7.11 Å².